The summed E-state index contributed by atoms with van der Waals surface area (Å²) in [6, 6.07) is 8.99. The van der Waals surface area contributed by atoms with Gasteiger partial charge in [0.05, 0.1) is 22.3 Å². The van der Waals surface area contributed by atoms with Gasteiger partial charge < -0.3 is 10.3 Å². The van der Waals surface area contributed by atoms with Gasteiger partial charge in [-0.2, -0.15) is 5.10 Å². The molecule has 4 aromatic rings. The molecular formula is C23H20ClFN6O2. The highest BCUT2D eigenvalue weighted by molar-refractivity contribution is 6.33. The molecule has 168 valence electrons. The summed E-state index contributed by atoms with van der Waals surface area (Å²) < 4.78 is 16.5. The van der Waals surface area contributed by atoms with E-state index in [0.29, 0.717) is 46.0 Å². The van der Waals surface area contributed by atoms with Crippen molar-refractivity contribution in [3.8, 4) is 0 Å². The molecule has 1 unspecified atom stereocenters. The molecule has 1 atom stereocenters. The number of nitrogens with one attached hydrogen (secondary N) is 2. The van der Waals surface area contributed by atoms with Crippen molar-refractivity contribution in [2.45, 2.75) is 12.7 Å². The molecule has 8 nitrogen and oxygen atoms in total. The Labute approximate surface area is 192 Å². The van der Waals surface area contributed by atoms with Crippen LogP contribution in [-0.2, 0) is 6.54 Å². The van der Waals surface area contributed by atoms with Crippen molar-refractivity contribution in [3.63, 3.8) is 0 Å². The summed E-state index contributed by atoms with van der Waals surface area (Å²) in [7, 11) is 1.54. The molecule has 10 heteroatoms. The van der Waals surface area contributed by atoms with E-state index in [-0.39, 0.29) is 18.0 Å². The molecule has 0 spiro atoms. The molecule has 5 rings (SSSR count). The summed E-state index contributed by atoms with van der Waals surface area (Å²) in [5, 5.41) is 7.00. The molecule has 0 fully saturated rings. The number of rotatable bonds is 4. The first-order valence-corrected chi connectivity index (χ1v) is 10.8. The van der Waals surface area contributed by atoms with Gasteiger partial charge >= 0.3 is 0 Å². The second-order valence-electron chi connectivity index (χ2n) is 7.89. The predicted octanol–water partition coefficient (Wildman–Crippen LogP) is 2.82. The zero-order valence-electron chi connectivity index (χ0n) is 17.7. The molecule has 0 aliphatic carbocycles. The van der Waals surface area contributed by atoms with Crippen LogP contribution in [0.3, 0.4) is 0 Å². The lowest BCUT2D eigenvalue weighted by atomic mass is 9.98. The van der Waals surface area contributed by atoms with Crippen LogP contribution in [0.1, 0.15) is 21.6 Å². The van der Waals surface area contributed by atoms with Crippen LogP contribution in [0.5, 0.6) is 0 Å². The van der Waals surface area contributed by atoms with Crippen molar-refractivity contribution in [1.29, 1.82) is 0 Å². The van der Waals surface area contributed by atoms with Gasteiger partial charge in [0.15, 0.2) is 5.52 Å². The molecule has 1 aliphatic heterocycles. The lowest BCUT2D eigenvalue weighted by molar-refractivity contribution is 0.0958. The number of halogens is 2. The molecule has 2 N–H and O–H groups in total. The Hall–Kier alpha value is -3.56. The monoisotopic (exact) mass is 466 g/mol. The third kappa shape index (κ3) is 3.90. The third-order valence-corrected chi connectivity index (χ3v) is 6.04. The maximum Gasteiger partial charge on any atom is 0.276 e. The number of carbonyl (C=O) groups is 1. The van der Waals surface area contributed by atoms with Crippen LogP contribution in [0, 0.1) is 0 Å². The first-order chi connectivity index (χ1) is 15.9. The summed E-state index contributed by atoms with van der Waals surface area (Å²) in [6.45, 7) is 1.31. The van der Waals surface area contributed by atoms with Crippen molar-refractivity contribution in [2.75, 3.05) is 20.1 Å². The zero-order chi connectivity index (χ0) is 23.1. The number of hydrogen-bond donors (Lipinski definition) is 2. The van der Waals surface area contributed by atoms with Gasteiger partial charge in [-0.25, -0.2) is 8.91 Å². The predicted molar refractivity (Wildman–Crippen MR) is 124 cm³/mol. The third-order valence-electron chi connectivity index (χ3n) is 5.77. The standard InChI is InChI=1S/C23H20ClFN6O2/c1-26-22(32)18-4-3-14(9-27-18)15-6-7-30(12-17(15)25)11-13-2-5-20-19(8-13)29-23(33)21-16(24)10-28-31(20)21/h2-6,8-10,17H,7,11-12H2,1H3,(H,26,32)(H,29,33). The van der Waals surface area contributed by atoms with Crippen LogP contribution < -0.4 is 10.9 Å². The van der Waals surface area contributed by atoms with Crippen LogP contribution in [0.15, 0.2) is 53.6 Å². The van der Waals surface area contributed by atoms with E-state index in [1.165, 1.54) is 24.0 Å². The minimum atomic E-state index is -1.18. The SMILES string of the molecule is CNC(=O)c1ccc(C2=CCN(Cc3ccc4c(c3)[nH]c(=O)c3c(Cl)cnn34)CC2F)cn1. The topological polar surface area (TPSA) is 95.4 Å². The lowest BCUT2D eigenvalue weighted by Crippen LogP contribution is -2.35. The first kappa shape index (κ1) is 21.3. The lowest BCUT2D eigenvalue weighted by Gasteiger charge is -2.29. The summed E-state index contributed by atoms with van der Waals surface area (Å²) in [5.74, 6) is -0.282. The Morgan fingerprint density at radius 2 is 2.15 bits per heavy atom. The number of aromatic amines is 1. The summed E-state index contributed by atoms with van der Waals surface area (Å²) >= 11 is 6.06. The van der Waals surface area contributed by atoms with Gasteiger partial charge in [0.1, 0.15) is 11.9 Å². The van der Waals surface area contributed by atoms with E-state index in [1.807, 2.05) is 29.2 Å². The molecule has 0 radical (unpaired) electrons. The molecular weight excluding hydrogens is 447 g/mol. The Bertz CT molecular complexity index is 1460. The average molecular weight is 467 g/mol. The largest absolute Gasteiger partial charge is 0.354 e. The number of nitrogens with zero attached hydrogens (tertiary/aromatic N) is 4. The van der Waals surface area contributed by atoms with E-state index in [4.69, 9.17) is 11.6 Å². The smallest absolute Gasteiger partial charge is 0.276 e. The molecule has 0 saturated carbocycles. The second-order valence-corrected chi connectivity index (χ2v) is 8.30. The first-order valence-electron chi connectivity index (χ1n) is 10.4. The molecule has 1 aromatic carbocycles. The maximum absolute atomic E-state index is 15.0. The highest BCUT2D eigenvalue weighted by Gasteiger charge is 2.24. The minimum absolute atomic E-state index is 0.228. The van der Waals surface area contributed by atoms with E-state index in [2.05, 4.69) is 20.4 Å². The average Bonchev–Trinajstić information content (AvgIpc) is 3.21. The van der Waals surface area contributed by atoms with Crippen molar-refractivity contribution in [3.05, 3.63) is 81.0 Å². The number of amides is 1. The summed E-state index contributed by atoms with van der Waals surface area (Å²) in [5.41, 5.74) is 3.84. The Kier molecular flexibility index (Phi) is 5.43. The van der Waals surface area contributed by atoms with Crippen LogP contribution >= 0.6 is 11.6 Å². The quantitative estimate of drug-likeness (QED) is 0.482. The fourth-order valence-electron chi connectivity index (χ4n) is 4.13. The van der Waals surface area contributed by atoms with Crippen LogP contribution in [-0.4, -0.2) is 56.7 Å². The highest BCUT2D eigenvalue weighted by atomic mass is 35.5. The fourth-order valence-corrected chi connectivity index (χ4v) is 4.34. The number of hydrogen-bond acceptors (Lipinski definition) is 5. The Balaban J connectivity index is 1.35. The number of pyridine rings is 1. The van der Waals surface area contributed by atoms with Crippen LogP contribution in [0.2, 0.25) is 5.02 Å². The van der Waals surface area contributed by atoms with Crippen molar-refractivity contribution < 1.29 is 9.18 Å². The molecule has 4 heterocycles. The molecule has 0 saturated heterocycles. The van der Waals surface area contributed by atoms with Crippen molar-refractivity contribution in [1.82, 2.24) is 29.8 Å². The normalized spacial score (nSPS) is 16.8. The minimum Gasteiger partial charge on any atom is -0.354 e. The van der Waals surface area contributed by atoms with Crippen LogP contribution in [0.4, 0.5) is 4.39 Å². The van der Waals surface area contributed by atoms with E-state index >= 15 is 4.39 Å². The molecule has 3 aromatic heterocycles. The Morgan fingerprint density at radius 3 is 2.88 bits per heavy atom. The van der Waals surface area contributed by atoms with Crippen molar-refractivity contribution in [2.24, 2.45) is 0 Å². The molecule has 0 bridgehead atoms. The van der Waals surface area contributed by atoms with E-state index in [9.17, 15) is 9.59 Å². The summed E-state index contributed by atoms with van der Waals surface area (Å²) in [6.07, 6.45) is 3.64. The number of aromatic nitrogens is 4. The zero-order valence-corrected chi connectivity index (χ0v) is 18.4. The summed E-state index contributed by atoms with van der Waals surface area (Å²) in [4.78, 5) is 33.0. The van der Waals surface area contributed by atoms with E-state index < -0.39 is 6.17 Å². The molecule has 1 aliphatic rings. The van der Waals surface area contributed by atoms with E-state index in [1.54, 1.807) is 12.1 Å². The highest BCUT2D eigenvalue weighted by Crippen LogP contribution is 2.26. The van der Waals surface area contributed by atoms with Gasteiger partial charge in [0, 0.05) is 32.9 Å². The molecule has 1 amide bonds. The van der Waals surface area contributed by atoms with Gasteiger partial charge in [-0.1, -0.05) is 29.8 Å². The number of H-pyrrole nitrogens is 1. The Morgan fingerprint density at radius 1 is 1.30 bits per heavy atom. The van der Waals surface area contributed by atoms with Crippen molar-refractivity contribution >= 4 is 39.6 Å². The van der Waals surface area contributed by atoms with E-state index in [0.717, 1.165) is 11.1 Å². The number of fused-ring (bicyclic) bond motifs is 3. The van der Waals surface area contributed by atoms with Gasteiger partial charge in [-0.15, -0.1) is 0 Å². The fraction of sp³-hybridized carbons (Fsp3) is 0.217. The molecule has 33 heavy (non-hydrogen) atoms. The van der Waals surface area contributed by atoms with Crippen LogP contribution in [0.25, 0.3) is 22.1 Å². The second kappa shape index (κ2) is 8.42. The number of alkyl halides is 1. The van der Waals surface area contributed by atoms with Gasteiger partial charge in [0.25, 0.3) is 11.5 Å². The van der Waals surface area contributed by atoms with Gasteiger partial charge in [-0.05, 0) is 34.9 Å². The number of benzene rings is 1. The van der Waals surface area contributed by atoms with Gasteiger partial charge in [-0.3, -0.25) is 19.5 Å². The maximum atomic E-state index is 15.0. The van der Waals surface area contributed by atoms with Gasteiger partial charge in [0.2, 0.25) is 0 Å². The number of carbonyl (C=O) groups excluding carboxylic acids is 1.